The zero-order valence-electron chi connectivity index (χ0n) is 16.1. The quantitative estimate of drug-likeness (QED) is 0.537. The van der Waals surface area contributed by atoms with Crippen LogP contribution in [0.1, 0.15) is 19.7 Å². The molecule has 0 fully saturated rings. The molecule has 3 heterocycles. The van der Waals surface area contributed by atoms with Crippen LogP contribution in [0.15, 0.2) is 36.9 Å². The summed E-state index contributed by atoms with van der Waals surface area (Å²) < 4.78 is 56.4. The Hall–Kier alpha value is -3.90. The van der Waals surface area contributed by atoms with E-state index in [0.29, 0.717) is 6.92 Å². The van der Waals surface area contributed by atoms with Crippen molar-refractivity contribution in [3.8, 4) is 17.1 Å². The predicted molar refractivity (Wildman–Crippen MR) is 101 cm³/mol. The molecule has 0 spiro atoms. The zero-order valence-corrected chi connectivity index (χ0v) is 16.1. The van der Waals surface area contributed by atoms with E-state index in [0.717, 1.165) is 18.6 Å². The molecular weight excluding hydrogens is 422 g/mol. The molecule has 9 nitrogen and oxygen atoms in total. The Morgan fingerprint density at radius 3 is 2.58 bits per heavy atom. The third-order valence-corrected chi connectivity index (χ3v) is 3.65. The maximum atomic E-state index is 13.6. The number of hydrogen-bond acceptors (Lipinski definition) is 8. The molecule has 3 aromatic rings. The first kappa shape index (κ1) is 21.8. The summed E-state index contributed by atoms with van der Waals surface area (Å²) in [6, 6.07) is 3.90. The highest BCUT2D eigenvalue weighted by Crippen LogP contribution is 2.32. The van der Waals surface area contributed by atoms with E-state index in [-0.39, 0.29) is 34.5 Å². The second-order valence-electron chi connectivity index (χ2n) is 6.20. The number of halogens is 4. The molecule has 0 unspecified atom stereocenters. The maximum absolute atomic E-state index is 13.6. The van der Waals surface area contributed by atoms with Crippen molar-refractivity contribution in [3.05, 3.63) is 42.7 Å². The highest BCUT2D eigenvalue weighted by Gasteiger charge is 2.28. The summed E-state index contributed by atoms with van der Waals surface area (Å²) in [7, 11) is 0. The molecule has 0 bridgehead atoms. The molecular formula is C18H15F4N7O2. The lowest BCUT2D eigenvalue weighted by molar-refractivity contribution is -0.114. The van der Waals surface area contributed by atoms with E-state index in [4.69, 9.17) is 0 Å². The van der Waals surface area contributed by atoms with E-state index < -0.39 is 24.3 Å². The van der Waals surface area contributed by atoms with Crippen molar-refractivity contribution in [1.29, 1.82) is 0 Å². The number of aromatic nitrogens is 5. The van der Waals surface area contributed by atoms with Crippen LogP contribution in [-0.2, 0) is 10.7 Å². The highest BCUT2D eigenvalue weighted by molar-refractivity contribution is 5.89. The van der Waals surface area contributed by atoms with Crippen LogP contribution in [0.4, 0.5) is 34.9 Å². The average Bonchev–Trinajstić information content (AvgIpc) is 2.67. The van der Waals surface area contributed by atoms with E-state index in [2.05, 4.69) is 40.3 Å². The first-order chi connectivity index (χ1) is 14.6. The first-order valence-corrected chi connectivity index (χ1v) is 8.65. The third-order valence-electron chi connectivity index (χ3n) is 3.65. The van der Waals surface area contributed by atoms with Crippen molar-refractivity contribution in [2.45, 2.75) is 26.4 Å². The highest BCUT2D eigenvalue weighted by atomic mass is 19.3. The molecule has 13 heteroatoms. The fourth-order valence-electron chi connectivity index (χ4n) is 2.43. The van der Waals surface area contributed by atoms with E-state index in [1.807, 2.05) is 0 Å². The van der Waals surface area contributed by atoms with Crippen LogP contribution in [0.25, 0.3) is 11.3 Å². The average molecular weight is 437 g/mol. The minimum absolute atomic E-state index is 0.0193. The minimum Gasteiger partial charge on any atom is -0.417 e. The third kappa shape index (κ3) is 5.81. The zero-order chi connectivity index (χ0) is 22.6. The number of ether oxygens (including phenoxy) is 1. The Labute approximate surface area is 173 Å². The van der Waals surface area contributed by atoms with Crippen molar-refractivity contribution in [1.82, 2.24) is 24.9 Å². The Morgan fingerprint density at radius 2 is 1.90 bits per heavy atom. The molecule has 162 valence electrons. The van der Waals surface area contributed by atoms with E-state index in [1.54, 1.807) is 0 Å². The molecule has 0 saturated carbocycles. The fourth-order valence-corrected chi connectivity index (χ4v) is 2.43. The summed E-state index contributed by atoms with van der Waals surface area (Å²) in [6.45, 7) is -1.15. The lowest BCUT2D eigenvalue weighted by Gasteiger charge is -2.15. The second kappa shape index (κ2) is 8.85. The smallest absolute Gasteiger partial charge is 0.388 e. The van der Waals surface area contributed by atoms with Crippen LogP contribution in [0.3, 0.4) is 0 Å². The lowest BCUT2D eigenvalue weighted by atomic mass is 10.1. The number of carbonyl (C=O) groups excluding carboxylic acids is 1. The van der Waals surface area contributed by atoms with Gasteiger partial charge in [-0.3, -0.25) is 4.79 Å². The topological polar surface area (TPSA) is 115 Å². The number of pyridine rings is 1. The van der Waals surface area contributed by atoms with Gasteiger partial charge >= 0.3 is 12.5 Å². The molecule has 0 aliphatic rings. The van der Waals surface area contributed by atoms with Gasteiger partial charge in [-0.1, -0.05) is 0 Å². The molecule has 0 aromatic carbocycles. The molecule has 1 amide bonds. The van der Waals surface area contributed by atoms with Crippen molar-refractivity contribution >= 4 is 23.2 Å². The van der Waals surface area contributed by atoms with Crippen LogP contribution in [0.5, 0.6) is 5.88 Å². The van der Waals surface area contributed by atoms with Gasteiger partial charge in [0.1, 0.15) is 18.0 Å². The molecule has 0 aliphatic carbocycles. The van der Waals surface area contributed by atoms with Gasteiger partial charge in [0, 0.05) is 43.9 Å². The summed E-state index contributed by atoms with van der Waals surface area (Å²) in [5.74, 6) is -4.58. The predicted octanol–water partition coefficient (Wildman–Crippen LogP) is 3.74. The number of amides is 1. The monoisotopic (exact) mass is 437 g/mol. The number of carbonyl (C=O) groups is 1. The molecule has 0 atom stereocenters. The molecule has 0 aliphatic heterocycles. The van der Waals surface area contributed by atoms with Gasteiger partial charge < -0.3 is 15.4 Å². The largest absolute Gasteiger partial charge is 0.417 e. The van der Waals surface area contributed by atoms with Crippen molar-refractivity contribution in [3.63, 3.8) is 0 Å². The van der Waals surface area contributed by atoms with Gasteiger partial charge in [0.2, 0.25) is 17.6 Å². The molecule has 3 aromatic heterocycles. The van der Waals surface area contributed by atoms with Crippen LogP contribution in [-0.4, -0.2) is 37.4 Å². The molecule has 0 saturated heterocycles. The van der Waals surface area contributed by atoms with E-state index in [9.17, 15) is 22.4 Å². The van der Waals surface area contributed by atoms with Gasteiger partial charge in [-0.25, -0.2) is 24.9 Å². The maximum Gasteiger partial charge on any atom is 0.388 e. The van der Waals surface area contributed by atoms with E-state index >= 15 is 0 Å². The Balaban J connectivity index is 2.04. The Kier molecular flexibility index (Phi) is 6.22. The first-order valence-electron chi connectivity index (χ1n) is 8.65. The number of hydrogen-bond donors (Lipinski definition) is 2. The second-order valence-corrected chi connectivity index (χ2v) is 6.20. The Morgan fingerprint density at radius 1 is 1.13 bits per heavy atom. The summed E-state index contributed by atoms with van der Waals surface area (Å²) in [5.41, 5.74) is 0.661. The van der Waals surface area contributed by atoms with Gasteiger partial charge in [-0.15, -0.1) is 0 Å². The van der Waals surface area contributed by atoms with Crippen LogP contribution < -0.4 is 15.4 Å². The number of rotatable bonds is 7. The van der Waals surface area contributed by atoms with Crippen molar-refractivity contribution in [2.75, 3.05) is 10.6 Å². The molecule has 2 N–H and O–H groups in total. The van der Waals surface area contributed by atoms with Crippen molar-refractivity contribution < 1.29 is 27.1 Å². The normalized spacial score (nSPS) is 11.3. The number of anilines is 3. The standard InChI is InChI=1S/C18H15F4N7O2/c1-9(30)27-14-5-12(28-13-3-4-23-16(29-13)18(2,21)22)10(7-24-14)11-6-15(26-8-25-11)31-17(19)20/h3-8,17H,1-2H3,(H2,23,24,27,28,29,30). The van der Waals surface area contributed by atoms with Gasteiger partial charge in [-0.05, 0) is 6.07 Å². The van der Waals surface area contributed by atoms with E-state index in [1.165, 1.54) is 25.3 Å². The molecule has 31 heavy (non-hydrogen) atoms. The summed E-state index contributed by atoms with van der Waals surface area (Å²) >= 11 is 0. The van der Waals surface area contributed by atoms with Crippen molar-refractivity contribution in [2.24, 2.45) is 0 Å². The van der Waals surface area contributed by atoms with Gasteiger partial charge in [0.15, 0.2) is 0 Å². The van der Waals surface area contributed by atoms with Gasteiger partial charge in [0.05, 0.1) is 11.4 Å². The summed E-state index contributed by atoms with van der Waals surface area (Å²) in [5, 5.41) is 5.32. The number of nitrogens with zero attached hydrogens (tertiary/aromatic N) is 5. The van der Waals surface area contributed by atoms with Crippen LogP contribution >= 0.6 is 0 Å². The molecule has 3 rings (SSSR count). The summed E-state index contributed by atoms with van der Waals surface area (Å²) in [6.07, 6.45) is 3.47. The lowest BCUT2D eigenvalue weighted by Crippen LogP contribution is -2.13. The van der Waals surface area contributed by atoms with Crippen LogP contribution in [0.2, 0.25) is 0 Å². The van der Waals surface area contributed by atoms with Crippen LogP contribution in [0, 0.1) is 0 Å². The summed E-state index contributed by atoms with van der Waals surface area (Å²) in [4.78, 5) is 30.4. The van der Waals surface area contributed by atoms with Gasteiger partial charge in [0.25, 0.3) is 0 Å². The SMILES string of the molecule is CC(=O)Nc1cc(Nc2ccnc(C(C)(F)F)n2)c(-c2cc(OC(F)F)ncn2)cn1. The minimum atomic E-state index is -3.27. The number of nitrogens with one attached hydrogen (secondary N) is 2. The molecule has 0 radical (unpaired) electrons. The fraction of sp³-hybridized carbons (Fsp3) is 0.222. The number of alkyl halides is 4. The van der Waals surface area contributed by atoms with Gasteiger partial charge in [-0.2, -0.15) is 17.6 Å². The Bertz CT molecular complexity index is 1090.